The van der Waals surface area contributed by atoms with Crippen molar-refractivity contribution in [2.24, 2.45) is 0 Å². The summed E-state index contributed by atoms with van der Waals surface area (Å²) in [5.41, 5.74) is 6.60. The molecule has 0 saturated carbocycles. The summed E-state index contributed by atoms with van der Waals surface area (Å²) in [6.07, 6.45) is 4.09. The van der Waals surface area contributed by atoms with Crippen molar-refractivity contribution in [1.82, 2.24) is 0 Å². The van der Waals surface area contributed by atoms with Crippen LogP contribution in [0.1, 0.15) is 22.3 Å². The minimum atomic E-state index is 0.688. The maximum Gasteiger partial charge on any atom is 0.0970 e. The van der Waals surface area contributed by atoms with Crippen molar-refractivity contribution in [3.8, 4) is 0 Å². The Bertz CT molecular complexity index is 581. The van der Waals surface area contributed by atoms with E-state index in [9.17, 15) is 0 Å². The molecule has 0 aliphatic heterocycles. The minimum absolute atomic E-state index is 0.688. The molecule has 0 heterocycles. The maximum absolute atomic E-state index is 5.68. The zero-order chi connectivity index (χ0) is 13.8. The fourth-order valence-corrected chi connectivity index (χ4v) is 2.92. The lowest BCUT2D eigenvalue weighted by Crippen LogP contribution is -1.95. The number of aryl methyl sites for hydroxylation is 2. The normalized spacial score (nSPS) is 13.2. The van der Waals surface area contributed by atoms with Crippen LogP contribution in [0.5, 0.6) is 0 Å². The van der Waals surface area contributed by atoms with Gasteiger partial charge in [-0.15, -0.1) is 0 Å². The number of halogens is 1. The van der Waals surface area contributed by atoms with E-state index >= 15 is 0 Å². The van der Waals surface area contributed by atoms with Crippen molar-refractivity contribution in [3.63, 3.8) is 0 Å². The second kappa shape index (κ2) is 6.27. The van der Waals surface area contributed by atoms with Gasteiger partial charge in [-0.25, -0.2) is 0 Å². The number of rotatable bonds is 3. The molecule has 1 nitrogen and oxygen atoms in total. The Labute approximate surface area is 128 Å². The van der Waals surface area contributed by atoms with Crippen molar-refractivity contribution in [1.29, 1.82) is 0 Å². The Hall–Kier alpha value is -1.54. The third-order valence-corrected chi connectivity index (χ3v) is 4.00. The fraction of sp³-hybridized carbons (Fsp3) is 0.222. The summed E-state index contributed by atoms with van der Waals surface area (Å²) in [4.78, 5) is 0. The standard InChI is InChI=1S/C18H17BrO/c19-11-12-20-13-18-16-7-3-1-5-14(16)9-10-15-6-2-4-8-17(15)18/h1-8,13H,9-12H2. The largest absolute Gasteiger partial charge is 0.500 e. The molecule has 1 aliphatic rings. The lowest BCUT2D eigenvalue weighted by molar-refractivity contribution is 0.275. The van der Waals surface area contributed by atoms with Gasteiger partial charge in [0, 0.05) is 10.9 Å². The summed E-state index contributed by atoms with van der Waals surface area (Å²) in [7, 11) is 0. The van der Waals surface area contributed by atoms with Crippen molar-refractivity contribution in [2.45, 2.75) is 12.8 Å². The number of benzene rings is 2. The summed E-state index contributed by atoms with van der Waals surface area (Å²) < 4.78 is 5.68. The predicted octanol–water partition coefficient (Wildman–Crippen LogP) is 4.59. The quantitative estimate of drug-likeness (QED) is 0.455. The molecule has 0 aromatic heterocycles. The minimum Gasteiger partial charge on any atom is -0.500 e. The maximum atomic E-state index is 5.68. The molecule has 0 spiro atoms. The first-order valence-electron chi connectivity index (χ1n) is 6.94. The van der Waals surface area contributed by atoms with Crippen LogP contribution in [-0.4, -0.2) is 11.9 Å². The summed E-state index contributed by atoms with van der Waals surface area (Å²) in [6, 6.07) is 17.3. The number of ether oxygens (including phenoxy) is 1. The highest BCUT2D eigenvalue weighted by Crippen LogP contribution is 2.33. The van der Waals surface area contributed by atoms with Crippen LogP contribution in [0, 0.1) is 0 Å². The van der Waals surface area contributed by atoms with Crippen molar-refractivity contribution >= 4 is 21.5 Å². The van der Waals surface area contributed by atoms with E-state index in [4.69, 9.17) is 4.74 Å². The van der Waals surface area contributed by atoms with Crippen LogP contribution in [0.3, 0.4) is 0 Å². The molecule has 0 radical (unpaired) electrons. The monoisotopic (exact) mass is 328 g/mol. The van der Waals surface area contributed by atoms with Crippen LogP contribution in [0.4, 0.5) is 0 Å². The molecule has 0 atom stereocenters. The van der Waals surface area contributed by atoms with Gasteiger partial charge in [-0.3, -0.25) is 0 Å². The molecule has 2 aromatic rings. The molecule has 2 aromatic carbocycles. The third-order valence-electron chi connectivity index (χ3n) is 3.67. The zero-order valence-electron chi connectivity index (χ0n) is 11.3. The van der Waals surface area contributed by atoms with Gasteiger partial charge in [0.25, 0.3) is 0 Å². The van der Waals surface area contributed by atoms with Gasteiger partial charge in [0.15, 0.2) is 0 Å². The number of hydrogen-bond donors (Lipinski definition) is 0. The molecule has 0 bridgehead atoms. The Morgan fingerprint density at radius 2 is 1.45 bits per heavy atom. The first-order valence-corrected chi connectivity index (χ1v) is 8.06. The molecule has 0 N–H and O–H groups in total. The van der Waals surface area contributed by atoms with Crippen LogP contribution in [0.2, 0.25) is 0 Å². The topological polar surface area (TPSA) is 9.23 Å². The van der Waals surface area contributed by atoms with E-state index in [2.05, 4.69) is 64.5 Å². The van der Waals surface area contributed by atoms with E-state index in [1.165, 1.54) is 27.8 Å². The van der Waals surface area contributed by atoms with Crippen LogP contribution < -0.4 is 0 Å². The zero-order valence-corrected chi connectivity index (χ0v) is 12.9. The summed E-state index contributed by atoms with van der Waals surface area (Å²) in [5, 5.41) is 0.847. The lowest BCUT2D eigenvalue weighted by Gasteiger charge is -2.11. The highest BCUT2D eigenvalue weighted by atomic mass is 79.9. The Morgan fingerprint density at radius 3 is 2.00 bits per heavy atom. The van der Waals surface area contributed by atoms with Crippen molar-refractivity contribution < 1.29 is 4.74 Å². The van der Waals surface area contributed by atoms with Gasteiger partial charge in [-0.05, 0) is 35.1 Å². The molecule has 2 heteroatoms. The van der Waals surface area contributed by atoms with E-state index < -0.39 is 0 Å². The average Bonchev–Trinajstić information content (AvgIpc) is 2.66. The third kappa shape index (κ3) is 2.66. The second-order valence-corrected chi connectivity index (χ2v) is 5.70. The Kier molecular flexibility index (Phi) is 4.22. The number of fused-ring (bicyclic) bond motifs is 2. The van der Waals surface area contributed by atoms with Crippen LogP contribution >= 0.6 is 15.9 Å². The second-order valence-electron chi connectivity index (χ2n) is 4.91. The summed E-state index contributed by atoms with van der Waals surface area (Å²) in [6.45, 7) is 0.688. The molecular formula is C18H17BrO. The Balaban J connectivity index is 2.11. The van der Waals surface area contributed by atoms with Gasteiger partial charge in [0.05, 0.1) is 12.9 Å². The molecule has 0 amide bonds. The van der Waals surface area contributed by atoms with E-state index in [0.29, 0.717) is 6.61 Å². The van der Waals surface area contributed by atoms with Gasteiger partial charge in [0.2, 0.25) is 0 Å². The molecule has 102 valence electrons. The van der Waals surface area contributed by atoms with Gasteiger partial charge in [-0.2, -0.15) is 0 Å². The van der Waals surface area contributed by atoms with Crippen molar-refractivity contribution in [3.05, 3.63) is 77.0 Å². The van der Waals surface area contributed by atoms with Crippen LogP contribution in [0.25, 0.3) is 5.57 Å². The first kappa shape index (κ1) is 13.4. The van der Waals surface area contributed by atoms with Crippen LogP contribution in [-0.2, 0) is 17.6 Å². The van der Waals surface area contributed by atoms with E-state index in [0.717, 1.165) is 18.2 Å². The molecule has 0 fully saturated rings. The van der Waals surface area contributed by atoms with Crippen LogP contribution in [0.15, 0.2) is 54.8 Å². The van der Waals surface area contributed by atoms with Gasteiger partial charge < -0.3 is 4.74 Å². The summed E-state index contributed by atoms with van der Waals surface area (Å²) >= 11 is 3.40. The SMILES string of the molecule is BrCCOC=C1c2ccccc2CCc2ccccc21. The molecule has 20 heavy (non-hydrogen) atoms. The molecule has 0 unspecified atom stereocenters. The van der Waals surface area contributed by atoms with E-state index in [-0.39, 0.29) is 0 Å². The van der Waals surface area contributed by atoms with Gasteiger partial charge in [-0.1, -0.05) is 64.5 Å². The molecule has 3 rings (SSSR count). The lowest BCUT2D eigenvalue weighted by atomic mass is 9.95. The fourth-order valence-electron chi connectivity index (χ4n) is 2.73. The highest BCUT2D eigenvalue weighted by molar-refractivity contribution is 9.09. The molecule has 0 saturated heterocycles. The molecular weight excluding hydrogens is 312 g/mol. The Morgan fingerprint density at radius 1 is 0.900 bits per heavy atom. The van der Waals surface area contributed by atoms with E-state index in [1.54, 1.807) is 0 Å². The average molecular weight is 329 g/mol. The molecule has 1 aliphatic carbocycles. The highest BCUT2D eigenvalue weighted by Gasteiger charge is 2.17. The predicted molar refractivity (Wildman–Crippen MR) is 87.1 cm³/mol. The van der Waals surface area contributed by atoms with Gasteiger partial charge >= 0.3 is 0 Å². The summed E-state index contributed by atoms with van der Waals surface area (Å²) in [5.74, 6) is 0. The van der Waals surface area contributed by atoms with Crippen molar-refractivity contribution in [2.75, 3.05) is 11.9 Å². The smallest absolute Gasteiger partial charge is 0.0970 e. The first-order chi connectivity index (χ1) is 9.90. The number of alkyl halides is 1. The van der Waals surface area contributed by atoms with E-state index in [1.807, 2.05) is 6.26 Å². The van der Waals surface area contributed by atoms with Gasteiger partial charge in [0.1, 0.15) is 0 Å². The number of hydrogen-bond acceptors (Lipinski definition) is 1.